The van der Waals surface area contributed by atoms with Crippen LogP contribution in [0.3, 0.4) is 0 Å². The van der Waals surface area contributed by atoms with Crippen LogP contribution in [0.5, 0.6) is 5.75 Å². The van der Waals surface area contributed by atoms with Gasteiger partial charge in [-0.1, -0.05) is 24.6 Å². The molecule has 0 saturated heterocycles. The Morgan fingerprint density at radius 1 is 1.41 bits per heavy atom. The predicted octanol–water partition coefficient (Wildman–Crippen LogP) is 2.43. The van der Waals surface area contributed by atoms with Crippen LogP contribution in [0.4, 0.5) is 0 Å². The van der Waals surface area contributed by atoms with E-state index < -0.39 is 0 Å². The SMILES string of the molecule is CC[C@@H](O)CN[C@H](C)c1cc(C)ccc1OC. The summed E-state index contributed by atoms with van der Waals surface area (Å²) in [4.78, 5) is 0. The van der Waals surface area contributed by atoms with Crippen LogP contribution in [0.15, 0.2) is 18.2 Å². The Labute approximate surface area is 104 Å². The maximum Gasteiger partial charge on any atom is 0.123 e. The fourth-order valence-corrected chi connectivity index (χ4v) is 1.76. The number of aryl methyl sites for hydroxylation is 1. The van der Waals surface area contributed by atoms with E-state index in [0.29, 0.717) is 6.54 Å². The molecule has 0 spiro atoms. The molecule has 0 heterocycles. The molecule has 2 atom stereocenters. The van der Waals surface area contributed by atoms with Gasteiger partial charge in [0.15, 0.2) is 0 Å². The second kappa shape index (κ2) is 6.62. The lowest BCUT2D eigenvalue weighted by molar-refractivity contribution is 0.163. The van der Waals surface area contributed by atoms with E-state index >= 15 is 0 Å². The fourth-order valence-electron chi connectivity index (χ4n) is 1.76. The van der Waals surface area contributed by atoms with Crippen molar-refractivity contribution in [2.75, 3.05) is 13.7 Å². The first-order valence-electron chi connectivity index (χ1n) is 6.14. The highest BCUT2D eigenvalue weighted by Crippen LogP contribution is 2.25. The van der Waals surface area contributed by atoms with Crippen molar-refractivity contribution in [3.05, 3.63) is 29.3 Å². The second-order valence-electron chi connectivity index (χ2n) is 4.44. The number of ether oxygens (including phenoxy) is 1. The van der Waals surface area contributed by atoms with E-state index in [0.717, 1.165) is 17.7 Å². The van der Waals surface area contributed by atoms with Crippen molar-refractivity contribution in [1.29, 1.82) is 0 Å². The Morgan fingerprint density at radius 3 is 2.71 bits per heavy atom. The van der Waals surface area contributed by atoms with Crippen LogP contribution in [-0.2, 0) is 0 Å². The number of rotatable bonds is 6. The van der Waals surface area contributed by atoms with E-state index in [1.54, 1.807) is 7.11 Å². The van der Waals surface area contributed by atoms with E-state index in [9.17, 15) is 5.11 Å². The molecule has 0 aromatic heterocycles. The van der Waals surface area contributed by atoms with E-state index in [4.69, 9.17) is 4.74 Å². The molecule has 0 amide bonds. The Balaban J connectivity index is 2.73. The van der Waals surface area contributed by atoms with Gasteiger partial charge in [0.05, 0.1) is 13.2 Å². The van der Waals surface area contributed by atoms with Gasteiger partial charge in [0.1, 0.15) is 5.75 Å². The van der Waals surface area contributed by atoms with Gasteiger partial charge in [0.25, 0.3) is 0 Å². The van der Waals surface area contributed by atoms with Gasteiger partial charge in [0, 0.05) is 18.2 Å². The van der Waals surface area contributed by atoms with Gasteiger partial charge >= 0.3 is 0 Å². The molecule has 0 saturated carbocycles. The first-order chi connectivity index (χ1) is 8.08. The first kappa shape index (κ1) is 14.0. The predicted molar refractivity (Wildman–Crippen MR) is 70.4 cm³/mol. The highest BCUT2D eigenvalue weighted by Gasteiger charge is 2.12. The van der Waals surface area contributed by atoms with Crippen LogP contribution in [0.2, 0.25) is 0 Å². The Hall–Kier alpha value is -1.06. The van der Waals surface area contributed by atoms with Crippen molar-refractivity contribution in [3.8, 4) is 5.75 Å². The lowest BCUT2D eigenvalue weighted by Crippen LogP contribution is -2.28. The fraction of sp³-hybridized carbons (Fsp3) is 0.571. The molecular formula is C14H23NO2. The zero-order valence-electron chi connectivity index (χ0n) is 11.2. The third-order valence-electron chi connectivity index (χ3n) is 2.98. The van der Waals surface area contributed by atoms with Crippen molar-refractivity contribution in [3.63, 3.8) is 0 Å². The lowest BCUT2D eigenvalue weighted by Gasteiger charge is -2.19. The van der Waals surface area contributed by atoms with Crippen LogP contribution in [0.1, 0.15) is 37.4 Å². The molecule has 1 aromatic carbocycles. The molecule has 0 bridgehead atoms. The Morgan fingerprint density at radius 2 is 2.12 bits per heavy atom. The summed E-state index contributed by atoms with van der Waals surface area (Å²) in [7, 11) is 1.68. The van der Waals surface area contributed by atoms with E-state index in [1.807, 2.05) is 19.1 Å². The van der Waals surface area contributed by atoms with Crippen LogP contribution in [-0.4, -0.2) is 24.9 Å². The highest BCUT2D eigenvalue weighted by molar-refractivity contribution is 5.38. The molecule has 1 aromatic rings. The van der Waals surface area contributed by atoms with Gasteiger partial charge in [-0.2, -0.15) is 0 Å². The van der Waals surface area contributed by atoms with Crippen LogP contribution >= 0.6 is 0 Å². The molecule has 3 nitrogen and oxygen atoms in total. The van der Waals surface area contributed by atoms with Gasteiger partial charge in [-0.3, -0.25) is 0 Å². The number of hydrogen-bond acceptors (Lipinski definition) is 3. The Bertz CT molecular complexity index is 352. The normalized spacial score (nSPS) is 14.4. The standard InChI is InChI=1S/C14H23NO2/c1-5-12(16)9-15-11(3)13-8-10(2)6-7-14(13)17-4/h6-8,11-12,15-16H,5,9H2,1-4H3/t11-,12-/m1/s1. The Kier molecular flexibility index (Phi) is 5.45. The van der Waals surface area contributed by atoms with Gasteiger partial charge in [-0.15, -0.1) is 0 Å². The average Bonchev–Trinajstić information content (AvgIpc) is 2.35. The van der Waals surface area contributed by atoms with Crippen LogP contribution in [0.25, 0.3) is 0 Å². The minimum atomic E-state index is -0.284. The summed E-state index contributed by atoms with van der Waals surface area (Å²) in [6, 6.07) is 6.31. The molecule has 96 valence electrons. The van der Waals surface area contributed by atoms with Crippen LogP contribution < -0.4 is 10.1 Å². The highest BCUT2D eigenvalue weighted by atomic mass is 16.5. The number of aliphatic hydroxyl groups is 1. The van der Waals surface area contributed by atoms with E-state index in [-0.39, 0.29) is 12.1 Å². The summed E-state index contributed by atoms with van der Waals surface area (Å²) in [6.07, 6.45) is 0.485. The molecule has 0 radical (unpaired) electrons. The molecule has 1 rings (SSSR count). The van der Waals surface area contributed by atoms with Crippen LogP contribution in [0, 0.1) is 6.92 Å². The minimum Gasteiger partial charge on any atom is -0.496 e. The molecular weight excluding hydrogens is 214 g/mol. The molecule has 0 aliphatic rings. The van der Waals surface area contributed by atoms with E-state index in [1.165, 1.54) is 5.56 Å². The van der Waals surface area contributed by atoms with Crippen molar-refractivity contribution < 1.29 is 9.84 Å². The van der Waals surface area contributed by atoms with Gasteiger partial charge < -0.3 is 15.2 Å². The summed E-state index contributed by atoms with van der Waals surface area (Å²) in [5, 5.41) is 12.9. The average molecular weight is 237 g/mol. The van der Waals surface area contributed by atoms with Gasteiger partial charge in [-0.25, -0.2) is 0 Å². The number of nitrogens with one attached hydrogen (secondary N) is 1. The largest absolute Gasteiger partial charge is 0.496 e. The van der Waals surface area contributed by atoms with Crippen molar-refractivity contribution >= 4 is 0 Å². The third kappa shape index (κ3) is 4.02. The number of hydrogen-bond donors (Lipinski definition) is 2. The monoisotopic (exact) mass is 237 g/mol. The lowest BCUT2D eigenvalue weighted by atomic mass is 10.0. The zero-order valence-corrected chi connectivity index (χ0v) is 11.2. The third-order valence-corrected chi connectivity index (χ3v) is 2.98. The van der Waals surface area contributed by atoms with Gasteiger partial charge in [0.2, 0.25) is 0 Å². The zero-order chi connectivity index (χ0) is 12.8. The quantitative estimate of drug-likeness (QED) is 0.798. The van der Waals surface area contributed by atoms with Gasteiger partial charge in [-0.05, 0) is 26.3 Å². The van der Waals surface area contributed by atoms with Crippen molar-refractivity contribution in [2.24, 2.45) is 0 Å². The summed E-state index contributed by atoms with van der Waals surface area (Å²) in [6.45, 7) is 6.73. The molecule has 17 heavy (non-hydrogen) atoms. The summed E-state index contributed by atoms with van der Waals surface area (Å²) < 4.78 is 5.35. The molecule has 0 aliphatic carbocycles. The van der Waals surface area contributed by atoms with Crippen molar-refractivity contribution in [2.45, 2.75) is 39.3 Å². The topological polar surface area (TPSA) is 41.5 Å². The summed E-state index contributed by atoms with van der Waals surface area (Å²) >= 11 is 0. The maximum absolute atomic E-state index is 9.54. The minimum absolute atomic E-state index is 0.172. The molecule has 0 unspecified atom stereocenters. The maximum atomic E-state index is 9.54. The molecule has 0 aliphatic heterocycles. The number of methoxy groups -OCH3 is 1. The molecule has 3 heteroatoms. The number of benzene rings is 1. The van der Waals surface area contributed by atoms with E-state index in [2.05, 4.69) is 25.2 Å². The number of aliphatic hydroxyl groups excluding tert-OH is 1. The first-order valence-corrected chi connectivity index (χ1v) is 6.14. The smallest absolute Gasteiger partial charge is 0.123 e. The summed E-state index contributed by atoms with van der Waals surface area (Å²) in [5.74, 6) is 0.890. The summed E-state index contributed by atoms with van der Waals surface area (Å²) in [5.41, 5.74) is 2.35. The van der Waals surface area contributed by atoms with Crippen molar-refractivity contribution in [1.82, 2.24) is 5.32 Å². The second-order valence-corrected chi connectivity index (χ2v) is 4.44. The molecule has 0 fully saturated rings. The molecule has 2 N–H and O–H groups in total.